The minimum Gasteiger partial charge on any atom is -0.497 e. The van der Waals surface area contributed by atoms with Crippen molar-refractivity contribution in [2.75, 3.05) is 26.8 Å². The summed E-state index contributed by atoms with van der Waals surface area (Å²) in [6.45, 7) is 11.2. The van der Waals surface area contributed by atoms with Gasteiger partial charge in [0, 0.05) is 25.3 Å². The minimum absolute atomic E-state index is 0.247. The first kappa shape index (κ1) is 22.7. The average Bonchev–Trinajstić information content (AvgIpc) is 3.20. The molecule has 160 valence electrons. The first-order valence-electron chi connectivity index (χ1n) is 10.3. The van der Waals surface area contributed by atoms with Crippen LogP contribution >= 0.6 is 0 Å². The zero-order valence-electron chi connectivity index (χ0n) is 18.2. The molecule has 0 aliphatic carbocycles. The Balaban J connectivity index is 1.93. The van der Waals surface area contributed by atoms with Crippen molar-refractivity contribution in [1.29, 1.82) is 0 Å². The Morgan fingerprint density at radius 3 is 2.55 bits per heavy atom. The van der Waals surface area contributed by atoms with Crippen molar-refractivity contribution in [1.82, 2.24) is 25.8 Å². The summed E-state index contributed by atoms with van der Waals surface area (Å²) in [4.78, 5) is 9.14. The van der Waals surface area contributed by atoms with Gasteiger partial charge in [0.05, 0.1) is 13.2 Å². The Kier molecular flexibility index (Phi) is 9.43. The molecule has 0 aliphatic rings. The van der Waals surface area contributed by atoms with Gasteiger partial charge in [-0.25, -0.2) is 9.98 Å². The summed E-state index contributed by atoms with van der Waals surface area (Å²) >= 11 is 0. The Morgan fingerprint density at radius 2 is 1.93 bits per heavy atom. The van der Waals surface area contributed by atoms with Crippen LogP contribution < -0.4 is 15.4 Å². The van der Waals surface area contributed by atoms with Gasteiger partial charge in [-0.1, -0.05) is 13.8 Å². The van der Waals surface area contributed by atoms with E-state index < -0.39 is 0 Å². The van der Waals surface area contributed by atoms with Gasteiger partial charge in [-0.2, -0.15) is 5.10 Å². The molecule has 0 spiro atoms. The zero-order valence-corrected chi connectivity index (χ0v) is 18.2. The van der Waals surface area contributed by atoms with Gasteiger partial charge in [-0.15, -0.1) is 0 Å². The van der Waals surface area contributed by atoms with Crippen molar-refractivity contribution < 1.29 is 9.47 Å². The normalized spacial score (nSPS) is 12.8. The highest BCUT2D eigenvalue weighted by Gasteiger charge is 2.13. The number of nitrogens with zero attached hydrogens (tertiary/aromatic N) is 3. The molecular formula is C21H34N6O2. The Labute approximate surface area is 173 Å². The third-order valence-electron chi connectivity index (χ3n) is 4.46. The molecule has 29 heavy (non-hydrogen) atoms. The lowest BCUT2D eigenvalue weighted by molar-refractivity contribution is 0.0258. The van der Waals surface area contributed by atoms with Crippen LogP contribution in [0.25, 0.3) is 11.4 Å². The fraction of sp³-hybridized carbons (Fsp3) is 0.571. The van der Waals surface area contributed by atoms with Crippen molar-refractivity contribution >= 4 is 5.96 Å². The molecule has 1 heterocycles. The van der Waals surface area contributed by atoms with Crippen molar-refractivity contribution in [3.05, 3.63) is 30.1 Å². The predicted octanol–water partition coefficient (Wildman–Crippen LogP) is 2.99. The maximum atomic E-state index is 5.80. The Hall–Kier alpha value is -2.61. The van der Waals surface area contributed by atoms with Crippen LogP contribution in [0.4, 0.5) is 0 Å². The Bertz CT molecular complexity index is 742. The molecule has 8 heteroatoms. The van der Waals surface area contributed by atoms with Gasteiger partial charge in [0.25, 0.3) is 0 Å². The van der Waals surface area contributed by atoms with Crippen molar-refractivity contribution in [2.45, 2.75) is 46.8 Å². The van der Waals surface area contributed by atoms with E-state index in [2.05, 4.69) is 44.7 Å². The van der Waals surface area contributed by atoms with Gasteiger partial charge in [-0.05, 0) is 50.5 Å². The number of aromatic nitrogens is 3. The van der Waals surface area contributed by atoms with Gasteiger partial charge in [0.2, 0.25) is 0 Å². The van der Waals surface area contributed by atoms with Crippen LogP contribution in [0.1, 0.15) is 39.9 Å². The van der Waals surface area contributed by atoms with E-state index in [1.165, 1.54) is 0 Å². The highest BCUT2D eigenvalue weighted by molar-refractivity contribution is 5.79. The summed E-state index contributed by atoms with van der Waals surface area (Å²) in [5.41, 5.74) is 0.929. The van der Waals surface area contributed by atoms with E-state index in [0.29, 0.717) is 24.1 Å². The monoisotopic (exact) mass is 402 g/mol. The summed E-state index contributed by atoms with van der Waals surface area (Å²) in [6, 6.07) is 7.65. The quantitative estimate of drug-likeness (QED) is 0.395. The number of hydrogen-bond donors (Lipinski definition) is 3. The molecule has 0 fully saturated rings. The topological polar surface area (TPSA) is 96.5 Å². The SMILES string of the molecule is CCNC(=NCc1nc(-c2ccc(OC)cc2)n[nH]1)NCCC(OCC)C(C)C. The van der Waals surface area contributed by atoms with Crippen LogP contribution in [0.2, 0.25) is 0 Å². The molecule has 1 unspecified atom stereocenters. The number of rotatable bonds is 11. The van der Waals surface area contributed by atoms with E-state index in [4.69, 9.17) is 9.47 Å². The van der Waals surface area contributed by atoms with E-state index in [0.717, 1.165) is 43.4 Å². The fourth-order valence-corrected chi connectivity index (χ4v) is 2.89. The van der Waals surface area contributed by atoms with Gasteiger partial charge < -0.3 is 20.1 Å². The van der Waals surface area contributed by atoms with Crippen LogP contribution in [0.5, 0.6) is 5.75 Å². The number of ether oxygens (including phenoxy) is 2. The molecule has 0 radical (unpaired) electrons. The summed E-state index contributed by atoms with van der Waals surface area (Å²) in [7, 11) is 1.65. The van der Waals surface area contributed by atoms with E-state index in [9.17, 15) is 0 Å². The molecule has 1 atom stereocenters. The number of methoxy groups -OCH3 is 1. The number of aromatic amines is 1. The van der Waals surface area contributed by atoms with Crippen molar-refractivity contribution in [3.8, 4) is 17.1 Å². The number of nitrogens with one attached hydrogen (secondary N) is 3. The number of aliphatic imine (C=N–C) groups is 1. The first-order valence-corrected chi connectivity index (χ1v) is 10.3. The van der Waals surface area contributed by atoms with Gasteiger partial charge >= 0.3 is 0 Å². The second kappa shape index (κ2) is 12.1. The molecule has 2 rings (SSSR count). The number of H-pyrrole nitrogens is 1. The van der Waals surface area contributed by atoms with Crippen LogP contribution in [-0.4, -0.2) is 54.1 Å². The third kappa shape index (κ3) is 7.38. The van der Waals surface area contributed by atoms with Gasteiger partial charge in [0.1, 0.15) is 18.1 Å². The van der Waals surface area contributed by atoms with Gasteiger partial charge in [0.15, 0.2) is 11.8 Å². The van der Waals surface area contributed by atoms with Crippen LogP contribution in [0.15, 0.2) is 29.3 Å². The highest BCUT2D eigenvalue weighted by atomic mass is 16.5. The maximum absolute atomic E-state index is 5.80. The molecule has 2 aromatic rings. The summed E-state index contributed by atoms with van der Waals surface area (Å²) in [5, 5.41) is 13.9. The molecule has 3 N–H and O–H groups in total. The average molecular weight is 403 g/mol. The van der Waals surface area contributed by atoms with E-state index >= 15 is 0 Å². The molecule has 0 amide bonds. The van der Waals surface area contributed by atoms with E-state index in [-0.39, 0.29) is 6.10 Å². The zero-order chi connectivity index (χ0) is 21.1. The molecule has 8 nitrogen and oxygen atoms in total. The van der Waals surface area contributed by atoms with Crippen molar-refractivity contribution in [3.63, 3.8) is 0 Å². The lowest BCUT2D eigenvalue weighted by atomic mass is 10.0. The fourth-order valence-electron chi connectivity index (χ4n) is 2.89. The minimum atomic E-state index is 0.247. The second-order valence-corrected chi connectivity index (χ2v) is 6.98. The molecule has 0 aliphatic heterocycles. The second-order valence-electron chi connectivity index (χ2n) is 6.98. The maximum Gasteiger partial charge on any atom is 0.191 e. The number of guanidine groups is 1. The lowest BCUT2D eigenvalue weighted by Gasteiger charge is -2.21. The lowest BCUT2D eigenvalue weighted by Crippen LogP contribution is -2.39. The molecule has 0 saturated carbocycles. The Morgan fingerprint density at radius 1 is 1.17 bits per heavy atom. The summed E-state index contributed by atoms with van der Waals surface area (Å²) < 4.78 is 11.0. The van der Waals surface area contributed by atoms with Crippen molar-refractivity contribution in [2.24, 2.45) is 10.9 Å². The summed E-state index contributed by atoms with van der Waals surface area (Å²) in [5.74, 6) is 3.41. The molecular weight excluding hydrogens is 368 g/mol. The molecule has 1 aromatic carbocycles. The smallest absolute Gasteiger partial charge is 0.191 e. The van der Waals surface area contributed by atoms with Gasteiger partial charge in [-0.3, -0.25) is 5.10 Å². The first-order chi connectivity index (χ1) is 14.1. The largest absolute Gasteiger partial charge is 0.497 e. The molecule has 1 aromatic heterocycles. The van der Waals surface area contributed by atoms with E-state index in [1.807, 2.05) is 38.1 Å². The highest BCUT2D eigenvalue weighted by Crippen LogP contribution is 2.19. The van der Waals surface area contributed by atoms with Crippen LogP contribution in [0, 0.1) is 5.92 Å². The predicted molar refractivity (Wildman–Crippen MR) is 116 cm³/mol. The van der Waals surface area contributed by atoms with Crippen LogP contribution in [-0.2, 0) is 11.3 Å². The summed E-state index contributed by atoms with van der Waals surface area (Å²) in [6.07, 6.45) is 1.18. The third-order valence-corrected chi connectivity index (χ3v) is 4.46. The number of hydrogen-bond acceptors (Lipinski definition) is 5. The van der Waals surface area contributed by atoms with Crippen LogP contribution in [0.3, 0.4) is 0 Å². The number of benzene rings is 1. The molecule has 0 saturated heterocycles. The van der Waals surface area contributed by atoms with E-state index in [1.54, 1.807) is 7.11 Å². The standard InChI is InChI=1S/C21H34N6O2/c1-6-22-21(23-13-12-18(15(3)4)29-7-2)24-14-19-25-20(27-26-19)16-8-10-17(28-5)11-9-16/h8-11,15,18H,6-7,12-14H2,1-5H3,(H2,22,23,24)(H,25,26,27). The molecule has 0 bridgehead atoms.